The van der Waals surface area contributed by atoms with Crippen LogP contribution in [-0.2, 0) is 4.79 Å². The van der Waals surface area contributed by atoms with E-state index in [0.717, 1.165) is 12.3 Å². The summed E-state index contributed by atoms with van der Waals surface area (Å²) in [7, 11) is 0. The average Bonchev–Trinajstić information content (AvgIpc) is 2.99. The van der Waals surface area contributed by atoms with Crippen LogP contribution < -0.4 is 5.32 Å². The molecule has 21 heavy (non-hydrogen) atoms. The summed E-state index contributed by atoms with van der Waals surface area (Å²) < 4.78 is 0. The molecular formula is C18H32N2O. The van der Waals surface area contributed by atoms with Crippen LogP contribution in [-0.4, -0.2) is 29.1 Å². The Hall–Kier alpha value is -0.570. The largest absolute Gasteiger partial charge is 0.322 e. The maximum Gasteiger partial charge on any atom is 0.241 e. The summed E-state index contributed by atoms with van der Waals surface area (Å²) in [6, 6.07) is 0.413. The van der Waals surface area contributed by atoms with Gasteiger partial charge in [-0.25, -0.2) is 0 Å². The highest BCUT2D eigenvalue weighted by molar-refractivity contribution is 5.85. The van der Waals surface area contributed by atoms with Crippen molar-refractivity contribution in [2.75, 3.05) is 0 Å². The van der Waals surface area contributed by atoms with Crippen molar-refractivity contribution < 1.29 is 4.79 Å². The Morgan fingerprint density at radius 2 is 2.05 bits per heavy atom. The number of carbonyl (C=O) groups excluding carboxylic acids is 1. The molecule has 1 N–H and O–H groups in total. The van der Waals surface area contributed by atoms with Crippen molar-refractivity contribution in [2.45, 2.75) is 85.5 Å². The quantitative estimate of drug-likeness (QED) is 0.864. The molecule has 0 aromatic carbocycles. The van der Waals surface area contributed by atoms with E-state index in [9.17, 15) is 4.79 Å². The van der Waals surface area contributed by atoms with Crippen molar-refractivity contribution in [2.24, 2.45) is 22.7 Å². The van der Waals surface area contributed by atoms with Crippen LogP contribution >= 0.6 is 0 Å². The van der Waals surface area contributed by atoms with Gasteiger partial charge < -0.3 is 4.90 Å². The van der Waals surface area contributed by atoms with Gasteiger partial charge in [0, 0.05) is 6.04 Å². The summed E-state index contributed by atoms with van der Waals surface area (Å²) in [6.45, 7) is 13.7. The van der Waals surface area contributed by atoms with Gasteiger partial charge in [0.15, 0.2) is 0 Å². The molecule has 3 heteroatoms. The second kappa shape index (κ2) is 4.71. The third-order valence-electron chi connectivity index (χ3n) is 7.04. The first-order valence-corrected chi connectivity index (χ1v) is 8.80. The maximum atomic E-state index is 13.1. The number of carbonyl (C=O) groups is 1. The molecule has 3 aliphatic rings. The molecule has 2 bridgehead atoms. The molecule has 2 aliphatic carbocycles. The minimum Gasteiger partial charge on any atom is -0.322 e. The van der Waals surface area contributed by atoms with E-state index in [1.807, 2.05) is 0 Å². The number of fused-ring (bicyclic) bond motifs is 2. The number of hydrogen-bond acceptors (Lipinski definition) is 2. The fraction of sp³-hybridized carbons (Fsp3) is 0.944. The molecule has 2 saturated carbocycles. The van der Waals surface area contributed by atoms with Crippen LogP contribution in [0.1, 0.15) is 67.2 Å². The lowest BCUT2D eigenvalue weighted by molar-refractivity contribution is -0.139. The lowest BCUT2D eigenvalue weighted by Gasteiger charge is -2.48. The van der Waals surface area contributed by atoms with Crippen molar-refractivity contribution in [3.05, 3.63) is 0 Å². The Bertz CT molecular complexity index is 442. The molecule has 1 saturated heterocycles. The van der Waals surface area contributed by atoms with Crippen LogP contribution in [0.25, 0.3) is 0 Å². The third-order valence-corrected chi connectivity index (χ3v) is 7.04. The van der Waals surface area contributed by atoms with Crippen molar-refractivity contribution in [1.29, 1.82) is 0 Å². The standard InChI is InChI=1S/C18H32N2O/c1-7-11(2)14-15(21)20(12(3)19-14)16-17(4,5)13-8-9-18(16,6)10-13/h11-14,16,19H,7-10H2,1-6H3. The molecule has 3 nitrogen and oxygen atoms in total. The molecule has 6 atom stereocenters. The summed E-state index contributed by atoms with van der Waals surface area (Å²) in [5.41, 5.74) is 0.576. The molecule has 1 heterocycles. The van der Waals surface area contributed by atoms with Crippen molar-refractivity contribution in [1.82, 2.24) is 10.2 Å². The Morgan fingerprint density at radius 1 is 1.38 bits per heavy atom. The summed E-state index contributed by atoms with van der Waals surface area (Å²) in [4.78, 5) is 15.3. The molecule has 120 valence electrons. The van der Waals surface area contributed by atoms with E-state index in [0.29, 0.717) is 23.3 Å². The topological polar surface area (TPSA) is 32.3 Å². The van der Waals surface area contributed by atoms with Crippen molar-refractivity contribution >= 4 is 5.91 Å². The predicted octanol–water partition coefficient (Wildman–Crippen LogP) is 3.39. The Morgan fingerprint density at radius 3 is 2.57 bits per heavy atom. The highest BCUT2D eigenvalue weighted by atomic mass is 16.2. The van der Waals surface area contributed by atoms with Crippen LogP contribution in [0.2, 0.25) is 0 Å². The van der Waals surface area contributed by atoms with Crippen molar-refractivity contribution in [3.63, 3.8) is 0 Å². The number of hydrogen-bond donors (Lipinski definition) is 1. The predicted molar refractivity (Wildman–Crippen MR) is 85.7 cm³/mol. The van der Waals surface area contributed by atoms with E-state index in [2.05, 4.69) is 51.8 Å². The van der Waals surface area contributed by atoms with Gasteiger partial charge in [0.05, 0.1) is 12.2 Å². The highest BCUT2D eigenvalue weighted by Crippen LogP contribution is 2.64. The Kier molecular flexibility index (Phi) is 3.44. The van der Waals surface area contributed by atoms with Gasteiger partial charge in [-0.3, -0.25) is 10.1 Å². The normalized spacial score (nSPS) is 46.4. The van der Waals surface area contributed by atoms with Gasteiger partial charge in [0.1, 0.15) is 0 Å². The fourth-order valence-corrected chi connectivity index (χ4v) is 5.73. The molecular weight excluding hydrogens is 260 g/mol. The molecule has 3 rings (SSSR count). The second-order valence-corrected chi connectivity index (χ2v) is 8.77. The smallest absolute Gasteiger partial charge is 0.241 e. The number of rotatable bonds is 3. The highest BCUT2D eigenvalue weighted by Gasteiger charge is 2.63. The van der Waals surface area contributed by atoms with Gasteiger partial charge in [-0.1, -0.05) is 41.0 Å². The third kappa shape index (κ3) is 1.99. The van der Waals surface area contributed by atoms with Crippen LogP contribution in [0, 0.1) is 22.7 Å². The van der Waals surface area contributed by atoms with E-state index in [4.69, 9.17) is 0 Å². The second-order valence-electron chi connectivity index (χ2n) is 8.77. The van der Waals surface area contributed by atoms with Gasteiger partial charge in [-0.2, -0.15) is 0 Å². The number of nitrogens with zero attached hydrogens (tertiary/aromatic N) is 1. The minimum absolute atomic E-state index is 0.0172. The van der Waals surface area contributed by atoms with Gasteiger partial charge in [-0.15, -0.1) is 0 Å². The molecule has 0 radical (unpaired) electrons. The molecule has 6 unspecified atom stereocenters. The summed E-state index contributed by atoms with van der Waals surface area (Å²) in [5.74, 6) is 1.55. The maximum absolute atomic E-state index is 13.1. The van der Waals surface area contributed by atoms with E-state index in [-0.39, 0.29) is 17.6 Å². The Labute approximate surface area is 129 Å². The van der Waals surface area contributed by atoms with Crippen LogP contribution in [0.3, 0.4) is 0 Å². The summed E-state index contributed by atoms with van der Waals surface area (Å²) in [5, 5.41) is 3.57. The first kappa shape index (κ1) is 15.3. The lowest BCUT2D eigenvalue weighted by atomic mass is 9.67. The molecule has 0 spiro atoms. The summed E-state index contributed by atoms with van der Waals surface area (Å²) in [6.07, 6.45) is 5.17. The summed E-state index contributed by atoms with van der Waals surface area (Å²) >= 11 is 0. The van der Waals surface area contributed by atoms with Crippen LogP contribution in [0.4, 0.5) is 0 Å². The van der Waals surface area contributed by atoms with Gasteiger partial charge in [0.2, 0.25) is 5.91 Å². The van der Waals surface area contributed by atoms with E-state index < -0.39 is 0 Å². The SMILES string of the molecule is CCC(C)C1NC(C)N(C2C3(C)CCC(C3)C2(C)C)C1=O. The minimum atomic E-state index is 0.0172. The lowest BCUT2D eigenvalue weighted by Crippen LogP contribution is -2.56. The van der Waals surface area contributed by atoms with E-state index in [1.165, 1.54) is 19.3 Å². The van der Waals surface area contributed by atoms with Gasteiger partial charge >= 0.3 is 0 Å². The van der Waals surface area contributed by atoms with Gasteiger partial charge in [0.25, 0.3) is 0 Å². The van der Waals surface area contributed by atoms with Crippen LogP contribution in [0.5, 0.6) is 0 Å². The zero-order valence-electron chi connectivity index (χ0n) is 14.6. The number of nitrogens with one attached hydrogen (secondary N) is 1. The molecule has 0 aromatic heterocycles. The fourth-order valence-electron chi connectivity index (χ4n) is 5.73. The van der Waals surface area contributed by atoms with E-state index >= 15 is 0 Å². The molecule has 3 fully saturated rings. The average molecular weight is 292 g/mol. The zero-order valence-corrected chi connectivity index (χ0v) is 14.6. The van der Waals surface area contributed by atoms with Gasteiger partial charge in [-0.05, 0) is 48.9 Å². The molecule has 0 aromatic rings. The first-order chi connectivity index (χ1) is 9.72. The van der Waals surface area contributed by atoms with E-state index in [1.54, 1.807) is 0 Å². The zero-order chi connectivity index (χ0) is 15.6. The molecule has 1 aliphatic heterocycles. The van der Waals surface area contributed by atoms with Crippen molar-refractivity contribution in [3.8, 4) is 0 Å². The number of amides is 1. The van der Waals surface area contributed by atoms with Crippen LogP contribution in [0.15, 0.2) is 0 Å². The molecule has 1 amide bonds. The Balaban J connectivity index is 1.91. The monoisotopic (exact) mass is 292 g/mol. The first-order valence-electron chi connectivity index (χ1n) is 8.80.